The largest absolute Gasteiger partial charge is 0.365 e. The Hall–Kier alpha value is -3.59. The normalized spacial score (nSPS) is 12.8. The fraction of sp³-hybridized carbons (Fsp3) is 0.227. The maximum absolute atomic E-state index is 14.8. The van der Waals surface area contributed by atoms with E-state index in [9.17, 15) is 13.6 Å². The number of halogens is 2. The van der Waals surface area contributed by atoms with Gasteiger partial charge in [-0.1, -0.05) is 12.1 Å². The fourth-order valence-electron chi connectivity index (χ4n) is 3.06. The smallest absolute Gasteiger partial charge is 0.252 e. The van der Waals surface area contributed by atoms with E-state index in [1.165, 1.54) is 12.1 Å². The molecule has 0 saturated heterocycles. The standard InChI is InChI=1S/C22H24F2N6O/c1-11-8-16(10-27-13(11)3)28-21-17(20(26)31)9-18(24)22(30-21)29-19(12(2)25)14-4-6-15(23)7-5-14/h4-10,12,19H,25H2,1-3H3,(H2,26,31)(H2,28,29,30)/t12-,19-/m0/s1. The third-order valence-electron chi connectivity index (χ3n) is 4.89. The van der Waals surface area contributed by atoms with E-state index in [1.807, 2.05) is 19.9 Å². The van der Waals surface area contributed by atoms with Crippen molar-refractivity contribution in [3.8, 4) is 0 Å². The summed E-state index contributed by atoms with van der Waals surface area (Å²) >= 11 is 0. The van der Waals surface area contributed by atoms with Crippen LogP contribution < -0.4 is 22.1 Å². The number of amides is 1. The van der Waals surface area contributed by atoms with E-state index in [0.29, 0.717) is 11.3 Å². The number of nitrogens with two attached hydrogens (primary N) is 2. The molecule has 2 atom stereocenters. The van der Waals surface area contributed by atoms with Gasteiger partial charge in [0, 0.05) is 11.7 Å². The van der Waals surface area contributed by atoms with Gasteiger partial charge in [-0.25, -0.2) is 13.8 Å². The lowest BCUT2D eigenvalue weighted by Gasteiger charge is -2.24. The van der Waals surface area contributed by atoms with Crippen LogP contribution in [0.25, 0.3) is 0 Å². The predicted molar refractivity (Wildman–Crippen MR) is 116 cm³/mol. The zero-order chi connectivity index (χ0) is 22.7. The maximum Gasteiger partial charge on any atom is 0.252 e. The van der Waals surface area contributed by atoms with Crippen molar-refractivity contribution in [3.63, 3.8) is 0 Å². The molecule has 0 fully saturated rings. The monoisotopic (exact) mass is 426 g/mol. The highest BCUT2D eigenvalue weighted by atomic mass is 19.1. The third kappa shape index (κ3) is 5.13. The number of nitrogens with one attached hydrogen (secondary N) is 2. The molecule has 0 spiro atoms. The molecule has 0 aliphatic rings. The van der Waals surface area contributed by atoms with Crippen LogP contribution >= 0.6 is 0 Å². The number of hydrogen-bond donors (Lipinski definition) is 4. The Morgan fingerprint density at radius 1 is 1.10 bits per heavy atom. The van der Waals surface area contributed by atoms with Crippen molar-refractivity contribution in [1.29, 1.82) is 0 Å². The molecule has 0 aliphatic carbocycles. The number of rotatable bonds is 7. The molecular formula is C22H24F2N6O. The Labute approximate surface area is 178 Å². The summed E-state index contributed by atoms with van der Waals surface area (Å²) in [5, 5.41) is 5.93. The SMILES string of the molecule is Cc1cc(Nc2nc(N[C@H](c3ccc(F)cc3)[C@H](C)N)c(F)cc2C(N)=O)cnc1C. The minimum absolute atomic E-state index is 0.0731. The maximum atomic E-state index is 14.8. The molecule has 9 heteroatoms. The molecule has 3 rings (SSSR count). The summed E-state index contributed by atoms with van der Waals surface area (Å²) in [4.78, 5) is 20.4. The number of carbonyl (C=O) groups excluding carboxylic acids is 1. The van der Waals surface area contributed by atoms with E-state index in [1.54, 1.807) is 25.3 Å². The van der Waals surface area contributed by atoms with Crippen molar-refractivity contribution < 1.29 is 13.6 Å². The van der Waals surface area contributed by atoms with Crippen LogP contribution in [0.1, 0.15) is 40.1 Å². The first kappa shape index (κ1) is 22.1. The van der Waals surface area contributed by atoms with Gasteiger partial charge >= 0.3 is 0 Å². The number of carbonyl (C=O) groups is 1. The van der Waals surface area contributed by atoms with Crippen molar-refractivity contribution in [2.75, 3.05) is 10.6 Å². The Morgan fingerprint density at radius 2 is 1.77 bits per heavy atom. The first-order valence-corrected chi connectivity index (χ1v) is 9.64. The van der Waals surface area contributed by atoms with Crippen LogP contribution in [-0.2, 0) is 0 Å². The lowest BCUT2D eigenvalue weighted by molar-refractivity contribution is 0.100. The van der Waals surface area contributed by atoms with Gasteiger partial charge in [-0.15, -0.1) is 0 Å². The van der Waals surface area contributed by atoms with E-state index in [0.717, 1.165) is 17.3 Å². The van der Waals surface area contributed by atoms with E-state index in [-0.39, 0.29) is 17.2 Å². The highest BCUT2D eigenvalue weighted by Gasteiger charge is 2.22. The molecular weight excluding hydrogens is 402 g/mol. The molecule has 3 aromatic rings. The molecule has 6 N–H and O–H groups in total. The summed E-state index contributed by atoms with van der Waals surface area (Å²) < 4.78 is 28.1. The van der Waals surface area contributed by atoms with Crippen LogP contribution in [0.3, 0.4) is 0 Å². The molecule has 0 saturated carbocycles. The van der Waals surface area contributed by atoms with E-state index in [4.69, 9.17) is 11.5 Å². The summed E-state index contributed by atoms with van der Waals surface area (Å²) in [6.07, 6.45) is 1.58. The second-order valence-corrected chi connectivity index (χ2v) is 7.36. The molecule has 2 aromatic heterocycles. The fourth-order valence-corrected chi connectivity index (χ4v) is 3.06. The van der Waals surface area contributed by atoms with Crippen molar-refractivity contribution in [3.05, 3.63) is 76.6 Å². The van der Waals surface area contributed by atoms with Gasteiger partial charge in [0.05, 0.1) is 23.5 Å². The van der Waals surface area contributed by atoms with Gasteiger partial charge in [0.25, 0.3) is 5.91 Å². The number of aryl methyl sites for hydroxylation is 2. The lowest BCUT2D eigenvalue weighted by Crippen LogP contribution is -2.31. The molecule has 0 unspecified atom stereocenters. The van der Waals surface area contributed by atoms with E-state index < -0.39 is 29.6 Å². The van der Waals surface area contributed by atoms with Gasteiger partial charge in [-0.05, 0) is 56.2 Å². The number of hydrogen-bond acceptors (Lipinski definition) is 6. The molecule has 0 aliphatic heterocycles. The van der Waals surface area contributed by atoms with E-state index >= 15 is 0 Å². The second kappa shape index (κ2) is 9.05. The number of pyridine rings is 2. The topological polar surface area (TPSA) is 119 Å². The Kier molecular flexibility index (Phi) is 6.45. The minimum atomic E-state index is -0.834. The van der Waals surface area contributed by atoms with Gasteiger partial charge in [0.1, 0.15) is 11.6 Å². The van der Waals surface area contributed by atoms with Gasteiger partial charge < -0.3 is 22.1 Å². The number of benzene rings is 1. The molecule has 1 aromatic carbocycles. The minimum Gasteiger partial charge on any atom is -0.365 e. The summed E-state index contributed by atoms with van der Waals surface area (Å²) in [6.45, 7) is 5.50. The highest BCUT2D eigenvalue weighted by Crippen LogP contribution is 2.28. The van der Waals surface area contributed by atoms with Gasteiger partial charge in [0.2, 0.25) is 0 Å². The predicted octanol–water partition coefficient (Wildman–Crippen LogP) is 3.71. The van der Waals surface area contributed by atoms with Crippen molar-refractivity contribution in [2.24, 2.45) is 11.5 Å². The van der Waals surface area contributed by atoms with Crippen LogP contribution in [-0.4, -0.2) is 21.9 Å². The average molecular weight is 426 g/mol. The first-order chi connectivity index (χ1) is 14.7. The summed E-state index contributed by atoms with van der Waals surface area (Å²) in [6, 6.07) is 7.54. The van der Waals surface area contributed by atoms with Crippen molar-refractivity contribution >= 4 is 23.2 Å². The average Bonchev–Trinajstić information content (AvgIpc) is 2.71. The molecule has 0 bridgehead atoms. The van der Waals surface area contributed by atoms with Gasteiger partial charge in [-0.2, -0.15) is 0 Å². The quantitative estimate of drug-likeness (QED) is 0.457. The van der Waals surface area contributed by atoms with Crippen LogP contribution in [0.2, 0.25) is 0 Å². The van der Waals surface area contributed by atoms with Crippen LogP contribution in [0.15, 0.2) is 42.6 Å². The highest BCUT2D eigenvalue weighted by molar-refractivity contribution is 5.98. The first-order valence-electron chi connectivity index (χ1n) is 9.64. The Balaban J connectivity index is 1.99. The number of nitrogens with zero attached hydrogens (tertiary/aromatic N) is 2. The van der Waals surface area contributed by atoms with Gasteiger partial charge in [0.15, 0.2) is 11.6 Å². The Bertz CT molecular complexity index is 1100. The molecule has 31 heavy (non-hydrogen) atoms. The van der Waals surface area contributed by atoms with Crippen molar-refractivity contribution in [1.82, 2.24) is 9.97 Å². The molecule has 1 amide bonds. The molecule has 7 nitrogen and oxygen atoms in total. The van der Waals surface area contributed by atoms with Crippen LogP contribution in [0, 0.1) is 25.5 Å². The molecule has 2 heterocycles. The van der Waals surface area contributed by atoms with Gasteiger partial charge in [-0.3, -0.25) is 9.78 Å². The van der Waals surface area contributed by atoms with Crippen molar-refractivity contribution in [2.45, 2.75) is 32.9 Å². The van der Waals surface area contributed by atoms with Crippen LogP contribution in [0.4, 0.5) is 26.1 Å². The third-order valence-corrected chi connectivity index (χ3v) is 4.89. The second-order valence-electron chi connectivity index (χ2n) is 7.36. The summed E-state index contributed by atoms with van der Waals surface area (Å²) in [5.74, 6) is -2.06. The Morgan fingerprint density at radius 3 is 2.35 bits per heavy atom. The zero-order valence-electron chi connectivity index (χ0n) is 17.4. The lowest BCUT2D eigenvalue weighted by atomic mass is 10.0. The summed E-state index contributed by atoms with van der Waals surface area (Å²) in [5.41, 5.74) is 14.4. The number of anilines is 3. The number of primary amides is 1. The van der Waals surface area contributed by atoms with Crippen LogP contribution in [0.5, 0.6) is 0 Å². The molecule has 0 radical (unpaired) electrons. The number of aromatic nitrogens is 2. The zero-order valence-corrected chi connectivity index (χ0v) is 17.4. The van der Waals surface area contributed by atoms with E-state index in [2.05, 4.69) is 20.6 Å². The molecule has 162 valence electrons. The summed E-state index contributed by atoms with van der Waals surface area (Å²) in [7, 11) is 0.